The number of carbonyl (C=O) groups excluding carboxylic acids is 4. The van der Waals surface area contributed by atoms with Crippen LogP contribution in [0.5, 0.6) is 0 Å². The number of ether oxygens (including phenoxy) is 1. The molecule has 0 saturated heterocycles. The number of carbonyl (C=O) groups is 4. The third kappa shape index (κ3) is 7.43. The van der Waals surface area contributed by atoms with Crippen LogP contribution in [0, 0.1) is 0 Å². The van der Waals surface area contributed by atoms with Gasteiger partial charge in [-0.05, 0) is 17.7 Å². The molecule has 2 aromatic rings. The molecule has 27 heavy (non-hydrogen) atoms. The molecule has 0 bridgehead atoms. The van der Waals surface area contributed by atoms with Crippen molar-refractivity contribution in [1.29, 1.82) is 0 Å². The second kappa shape index (κ2) is 10.4. The Morgan fingerprint density at radius 3 is 2.33 bits per heavy atom. The molecule has 0 atom stereocenters. The van der Waals surface area contributed by atoms with Gasteiger partial charge in [-0.25, -0.2) is 0 Å². The van der Waals surface area contributed by atoms with Crippen molar-refractivity contribution < 1.29 is 28.3 Å². The van der Waals surface area contributed by atoms with Crippen LogP contribution in [0.4, 0.5) is 0 Å². The maximum Gasteiger partial charge on any atom is 0.325 e. The summed E-state index contributed by atoms with van der Waals surface area (Å²) in [6, 6.07) is 12.3. The first-order valence-electron chi connectivity index (χ1n) is 8.09. The van der Waals surface area contributed by atoms with E-state index in [4.69, 9.17) is 9.15 Å². The topological polar surface area (TPSA) is 127 Å². The van der Waals surface area contributed by atoms with Crippen molar-refractivity contribution in [2.24, 2.45) is 0 Å². The molecule has 0 aliphatic heterocycles. The standard InChI is InChI=1S/C18H19N3O6/c22-15(10-21-18(25)14-7-4-8-26-14)20-11-17(24)27-12-16(23)19-9-13-5-2-1-3-6-13/h1-8H,9-12H2,(H,19,23)(H,20,22)(H,21,25). The summed E-state index contributed by atoms with van der Waals surface area (Å²) in [5.41, 5.74) is 0.918. The number of esters is 1. The number of amides is 3. The van der Waals surface area contributed by atoms with Gasteiger partial charge in [0.1, 0.15) is 6.54 Å². The van der Waals surface area contributed by atoms with Crippen LogP contribution in [0.1, 0.15) is 16.1 Å². The molecule has 1 aromatic heterocycles. The number of furan rings is 1. The van der Waals surface area contributed by atoms with E-state index in [9.17, 15) is 19.2 Å². The van der Waals surface area contributed by atoms with E-state index in [1.807, 2.05) is 30.3 Å². The number of nitrogens with one attached hydrogen (secondary N) is 3. The number of hydrogen-bond acceptors (Lipinski definition) is 6. The van der Waals surface area contributed by atoms with E-state index in [0.717, 1.165) is 5.56 Å². The zero-order valence-electron chi connectivity index (χ0n) is 14.4. The van der Waals surface area contributed by atoms with Crippen LogP contribution >= 0.6 is 0 Å². The predicted octanol–water partition coefficient (Wildman–Crippen LogP) is -0.0148. The lowest BCUT2D eigenvalue weighted by atomic mass is 10.2. The fraction of sp³-hybridized carbons (Fsp3) is 0.222. The molecule has 0 aliphatic rings. The second-order valence-electron chi connectivity index (χ2n) is 5.36. The largest absolute Gasteiger partial charge is 0.459 e. The van der Waals surface area contributed by atoms with Gasteiger partial charge < -0.3 is 25.1 Å². The summed E-state index contributed by atoms with van der Waals surface area (Å²) in [5, 5.41) is 7.21. The van der Waals surface area contributed by atoms with E-state index < -0.39 is 36.8 Å². The number of rotatable bonds is 9. The van der Waals surface area contributed by atoms with Crippen molar-refractivity contribution in [3.05, 3.63) is 60.1 Å². The predicted molar refractivity (Wildman–Crippen MR) is 93.3 cm³/mol. The molecule has 3 amide bonds. The lowest BCUT2D eigenvalue weighted by Gasteiger charge is -2.08. The van der Waals surface area contributed by atoms with Crippen LogP contribution in [0.15, 0.2) is 53.1 Å². The molecule has 0 aliphatic carbocycles. The molecular weight excluding hydrogens is 354 g/mol. The molecule has 1 heterocycles. The summed E-state index contributed by atoms with van der Waals surface area (Å²) in [5.74, 6) is -2.28. The summed E-state index contributed by atoms with van der Waals surface area (Å²) in [7, 11) is 0. The van der Waals surface area contributed by atoms with Crippen LogP contribution < -0.4 is 16.0 Å². The van der Waals surface area contributed by atoms with Crippen molar-refractivity contribution >= 4 is 23.7 Å². The van der Waals surface area contributed by atoms with Gasteiger partial charge in [0, 0.05) is 6.54 Å². The van der Waals surface area contributed by atoms with E-state index in [2.05, 4.69) is 16.0 Å². The van der Waals surface area contributed by atoms with Crippen LogP contribution in [0.25, 0.3) is 0 Å². The Morgan fingerprint density at radius 1 is 0.852 bits per heavy atom. The zero-order valence-corrected chi connectivity index (χ0v) is 14.4. The molecule has 1 aromatic carbocycles. The highest BCUT2D eigenvalue weighted by molar-refractivity contribution is 5.94. The maximum absolute atomic E-state index is 11.6. The third-order valence-corrected chi connectivity index (χ3v) is 3.28. The third-order valence-electron chi connectivity index (χ3n) is 3.28. The molecule has 9 heteroatoms. The average molecular weight is 373 g/mol. The van der Waals surface area contributed by atoms with Crippen LogP contribution in [-0.2, 0) is 25.7 Å². The van der Waals surface area contributed by atoms with E-state index >= 15 is 0 Å². The molecule has 0 radical (unpaired) electrons. The minimum atomic E-state index is -0.768. The summed E-state index contributed by atoms with van der Waals surface area (Å²) in [4.78, 5) is 46.3. The Balaban J connectivity index is 1.56. The monoisotopic (exact) mass is 373 g/mol. The van der Waals surface area contributed by atoms with Gasteiger partial charge in [0.15, 0.2) is 12.4 Å². The Kier molecular flexibility index (Phi) is 7.58. The summed E-state index contributed by atoms with van der Waals surface area (Å²) < 4.78 is 9.63. The fourth-order valence-corrected chi connectivity index (χ4v) is 1.93. The van der Waals surface area contributed by atoms with Gasteiger partial charge >= 0.3 is 5.97 Å². The molecule has 3 N–H and O–H groups in total. The normalized spacial score (nSPS) is 9.93. The second-order valence-corrected chi connectivity index (χ2v) is 5.36. The van der Waals surface area contributed by atoms with Gasteiger partial charge in [-0.1, -0.05) is 30.3 Å². The van der Waals surface area contributed by atoms with Crippen LogP contribution in [0.2, 0.25) is 0 Å². The first-order valence-corrected chi connectivity index (χ1v) is 8.09. The Morgan fingerprint density at radius 2 is 1.63 bits per heavy atom. The molecule has 142 valence electrons. The molecule has 0 unspecified atom stereocenters. The summed E-state index contributed by atoms with van der Waals surface area (Å²) >= 11 is 0. The molecule has 2 rings (SSSR count). The maximum atomic E-state index is 11.6. The van der Waals surface area contributed by atoms with Crippen molar-refractivity contribution in [1.82, 2.24) is 16.0 Å². The van der Waals surface area contributed by atoms with Crippen LogP contribution in [0.3, 0.4) is 0 Å². The van der Waals surface area contributed by atoms with E-state index in [1.165, 1.54) is 12.3 Å². The molecule has 0 spiro atoms. The minimum absolute atomic E-state index is 0.0729. The van der Waals surface area contributed by atoms with Crippen LogP contribution in [-0.4, -0.2) is 43.4 Å². The van der Waals surface area contributed by atoms with Gasteiger partial charge in [0.05, 0.1) is 12.8 Å². The first-order chi connectivity index (χ1) is 13.0. The highest BCUT2D eigenvalue weighted by atomic mass is 16.5. The SMILES string of the molecule is O=C(CNC(=O)c1ccco1)NCC(=O)OCC(=O)NCc1ccccc1. The smallest absolute Gasteiger partial charge is 0.325 e. The molecular formula is C18H19N3O6. The number of benzene rings is 1. The quantitative estimate of drug-likeness (QED) is 0.531. The Labute approximate surface area is 155 Å². The lowest BCUT2D eigenvalue weighted by Crippen LogP contribution is -2.40. The van der Waals surface area contributed by atoms with Crippen molar-refractivity contribution in [3.8, 4) is 0 Å². The van der Waals surface area contributed by atoms with Crippen molar-refractivity contribution in [2.45, 2.75) is 6.54 Å². The van der Waals surface area contributed by atoms with Gasteiger partial charge in [-0.3, -0.25) is 19.2 Å². The van der Waals surface area contributed by atoms with E-state index in [1.54, 1.807) is 6.07 Å². The summed E-state index contributed by atoms with van der Waals surface area (Å²) in [6.07, 6.45) is 1.33. The van der Waals surface area contributed by atoms with Gasteiger partial charge in [-0.2, -0.15) is 0 Å². The lowest BCUT2D eigenvalue weighted by molar-refractivity contribution is -0.148. The average Bonchev–Trinajstić information content (AvgIpc) is 3.23. The zero-order chi connectivity index (χ0) is 19.5. The van der Waals surface area contributed by atoms with Gasteiger partial charge in [-0.15, -0.1) is 0 Å². The van der Waals surface area contributed by atoms with Gasteiger partial charge in [0.2, 0.25) is 5.91 Å². The number of hydrogen-bond donors (Lipinski definition) is 3. The highest BCUT2D eigenvalue weighted by Crippen LogP contribution is 1.98. The molecule has 0 saturated carbocycles. The van der Waals surface area contributed by atoms with E-state index in [-0.39, 0.29) is 12.3 Å². The first kappa shape index (κ1) is 19.7. The summed E-state index contributed by atoms with van der Waals surface area (Å²) in [6.45, 7) is -0.869. The highest BCUT2D eigenvalue weighted by Gasteiger charge is 2.12. The fourth-order valence-electron chi connectivity index (χ4n) is 1.93. The molecule has 9 nitrogen and oxygen atoms in total. The van der Waals surface area contributed by atoms with E-state index in [0.29, 0.717) is 6.54 Å². The molecule has 0 fully saturated rings. The van der Waals surface area contributed by atoms with Gasteiger partial charge in [0.25, 0.3) is 11.8 Å². The Hall–Kier alpha value is -3.62. The van der Waals surface area contributed by atoms with Crippen molar-refractivity contribution in [3.63, 3.8) is 0 Å². The van der Waals surface area contributed by atoms with Crippen molar-refractivity contribution in [2.75, 3.05) is 19.7 Å². The Bertz CT molecular complexity index is 774. The minimum Gasteiger partial charge on any atom is -0.459 e.